The second-order valence-electron chi connectivity index (χ2n) is 3.28. The molecule has 0 N–H and O–H groups in total. The lowest BCUT2D eigenvalue weighted by Gasteiger charge is -2.30. The van der Waals surface area contributed by atoms with E-state index in [2.05, 4.69) is 18.7 Å². The number of rotatable bonds is 4. The smallest absolute Gasteiger partial charge is 0.000942 e. The van der Waals surface area contributed by atoms with Crippen LogP contribution in [0.15, 0.2) is 0 Å². The second kappa shape index (κ2) is 3.97. The maximum absolute atomic E-state index is 2.53. The summed E-state index contributed by atoms with van der Waals surface area (Å²) in [6.45, 7) is 8.32. The van der Waals surface area contributed by atoms with E-state index in [4.69, 9.17) is 0 Å². The van der Waals surface area contributed by atoms with E-state index in [0.29, 0.717) is 0 Å². The summed E-state index contributed by atoms with van der Waals surface area (Å²) in [4.78, 5) is 2.53. The van der Waals surface area contributed by atoms with Crippen LogP contribution in [0.2, 0.25) is 0 Å². The Morgan fingerprint density at radius 1 is 1.20 bits per heavy atom. The molecule has 1 nitrogen and oxygen atoms in total. The van der Waals surface area contributed by atoms with E-state index in [1.54, 1.807) is 0 Å². The SMILES string of the molecule is CCN(CC)CC1CCC1. The molecule has 0 atom stereocenters. The minimum atomic E-state index is 1.04. The molecule has 1 aliphatic carbocycles. The van der Waals surface area contributed by atoms with E-state index in [1.165, 1.54) is 38.9 Å². The molecule has 0 bridgehead atoms. The molecule has 0 aromatic heterocycles. The Labute approximate surface area is 64.4 Å². The van der Waals surface area contributed by atoms with Crippen LogP contribution in [0.1, 0.15) is 33.1 Å². The van der Waals surface area contributed by atoms with E-state index in [0.717, 1.165) is 5.92 Å². The van der Waals surface area contributed by atoms with Gasteiger partial charge in [0.25, 0.3) is 0 Å². The highest BCUT2D eigenvalue weighted by atomic mass is 15.1. The lowest BCUT2D eigenvalue weighted by molar-refractivity contribution is 0.191. The summed E-state index contributed by atoms with van der Waals surface area (Å²) in [7, 11) is 0. The van der Waals surface area contributed by atoms with Crippen molar-refractivity contribution in [2.75, 3.05) is 19.6 Å². The zero-order valence-corrected chi connectivity index (χ0v) is 7.27. The first-order valence-electron chi connectivity index (χ1n) is 4.59. The molecule has 0 heterocycles. The molecular formula is C9H19N. The van der Waals surface area contributed by atoms with E-state index < -0.39 is 0 Å². The zero-order valence-electron chi connectivity index (χ0n) is 7.27. The Balaban J connectivity index is 2.08. The molecule has 1 aliphatic rings. The van der Waals surface area contributed by atoms with Gasteiger partial charge in [-0.25, -0.2) is 0 Å². The van der Waals surface area contributed by atoms with Crippen molar-refractivity contribution in [2.24, 2.45) is 5.92 Å². The second-order valence-corrected chi connectivity index (χ2v) is 3.28. The molecule has 1 saturated carbocycles. The minimum absolute atomic E-state index is 1.04. The molecule has 0 aromatic carbocycles. The van der Waals surface area contributed by atoms with Crippen molar-refractivity contribution in [2.45, 2.75) is 33.1 Å². The van der Waals surface area contributed by atoms with E-state index >= 15 is 0 Å². The van der Waals surface area contributed by atoms with Crippen LogP contribution in [0.5, 0.6) is 0 Å². The zero-order chi connectivity index (χ0) is 7.40. The highest BCUT2D eigenvalue weighted by Gasteiger charge is 2.18. The molecule has 0 aliphatic heterocycles. The van der Waals surface area contributed by atoms with Crippen LogP contribution >= 0.6 is 0 Å². The Morgan fingerprint density at radius 3 is 2.10 bits per heavy atom. The quantitative estimate of drug-likeness (QED) is 0.579. The normalized spacial score (nSPS) is 19.5. The first-order valence-corrected chi connectivity index (χ1v) is 4.59. The summed E-state index contributed by atoms with van der Waals surface area (Å²) < 4.78 is 0. The van der Waals surface area contributed by atoms with Crippen LogP contribution in [0, 0.1) is 5.92 Å². The Morgan fingerprint density at radius 2 is 1.80 bits per heavy atom. The molecule has 10 heavy (non-hydrogen) atoms. The maximum Gasteiger partial charge on any atom is 0.000942 e. The molecular weight excluding hydrogens is 122 g/mol. The first-order chi connectivity index (χ1) is 4.86. The van der Waals surface area contributed by atoms with Crippen LogP contribution < -0.4 is 0 Å². The van der Waals surface area contributed by atoms with Crippen molar-refractivity contribution in [3.05, 3.63) is 0 Å². The van der Waals surface area contributed by atoms with Crippen molar-refractivity contribution in [3.63, 3.8) is 0 Å². The predicted octanol–water partition coefficient (Wildman–Crippen LogP) is 2.13. The molecule has 1 rings (SSSR count). The van der Waals surface area contributed by atoms with E-state index in [9.17, 15) is 0 Å². The number of hydrogen-bond acceptors (Lipinski definition) is 1. The third-order valence-electron chi connectivity index (χ3n) is 2.64. The minimum Gasteiger partial charge on any atom is -0.304 e. The largest absolute Gasteiger partial charge is 0.304 e. The van der Waals surface area contributed by atoms with Crippen molar-refractivity contribution >= 4 is 0 Å². The van der Waals surface area contributed by atoms with Gasteiger partial charge in [-0.2, -0.15) is 0 Å². The van der Waals surface area contributed by atoms with Crippen molar-refractivity contribution in [3.8, 4) is 0 Å². The summed E-state index contributed by atoms with van der Waals surface area (Å²) in [5.74, 6) is 1.04. The van der Waals surface area contributed by atoms with Gasteiger partial charge in [0.05, 0.1) is 0 Å². The lowest BCUT2D eigenvalue weighted by atomic mass is 9.85. The highest BCUT2D eigenvalue weighted by Crippen LogP contribution is 2.26. The summed E-state index contributed by atoms with van der Waals surface area (Å²) in [6, 6.07) is 0. The van der Waals surface area contributed by atoms with Gasteiger partial charge < -0.3 is 4.90 Å². The Bertz CT molecular complexity index is 82.7. The van der Waals surface area contributed by atoms with Gasteiger partial charge in [-0.3, -0.25) is 0 Å². The van der Waals surface area contributed by atoms with Gasteiger partial charge in [0, 0.05) is 6.54 Å². The van der Waals surface area contributed by atoms with Gasteiger partial charge >= 0.3 is 0 Å². The standard InChI is InChI=1S/C9H19N/c1-3-10(4-2)8-9-6-5-7-9/h9H,3-8H2,1-2H3. The molecule has 60 valence electrons. The Kier molecular flexibility index (Phi) is 3.20. The van der Waals surface area contributed by atoms with Gasteiger partial charge in [-0.15, -0.1) is 0 Å². The number of hydrogen-bond donors (Lipinski definition) is 0. The third kappa shape index (κ3) is 1.98. The van der Waals surface area contributed by atoms with Crippen molar-refractivity contribution in [1.82, 2.24) is 4.90 Å². The van der Waals surface area contributed by atoms with Gasteiger partial charge in [-0.1, -0.05) is 20.3 Å². The molecule has 1 fully saturated rings. The van der Waals surface area contributed by atoms with Crippen LogP contribution in [0.25, 0.3) is 0 Å². The Hall–Kier alpha value is -0.0400. The fourth-order valence-corrected chi connectivity index (χ4v) is 1.52. The molecule has 0 aromatic rings. The summed E-state index contributed by atoms with van der Waals surface area (Å²) in [5.41, 5.74) is 0. The van der Waals surface area contributed by atoms with Crippen LogP contribution in [-0.2, 0) is 0 Å². The third-order valence-corrected chi connectivity index (χ3v) is 2.64. The fraction of sp³-hybridized carbons (Fsp3) is 1.00. The summed E-state index contributed by atoms with van der Waals surface area (Å²) in [6.07, 6.45) is 4.44. The monoisotopic (exact) mass is 141 g/mol. The van der Waals surface area contributed by atoms with Gasteiger partial charge in [0.1, 0.15) is 0 Å². The molecule has 0 unspecified atom stereocenters. The first kappa shape index (κ1) is 8.06. The van der Waals surface area contributed by atoms with E-state index in [1.807, 2.05) is 0 Å². The van der Waals surface area contributed by atoms with Gasteiger partial charge in [0.15, 0.2) is 0 Å². The molecule has 0 spiro atoms. The average molecular weight is 141 g/mol. The molecule has 1 heteroatoms. The van der Waals surface area contributed by atoms with Gasteiger partial charge in [-0.05, 0) is 31.8 Å². The average Bonchev–Trinajstić information content (AvgIpc) is 1.87. The molecule has 0 saturated heterocycles. The maximum atomic E-state index is 2.53. The molecule has 0 radical (unpaired) electrons. The van der Waals surface area contributed by atoms with Crippen molar-refractivity contribution < 1.29 is 0 Å². The van der Waals surface area contributed by atoms with Crippen LogP contribution in [-0.4, -0.2) is 24.5 Å². The predicted molar refractivity (Wildman–Crippen MR) is 45.1 cm³/mol. The fourth-order valence-electron chi connectivity index (χ4n) is 1.52. The summed E-state index contributed by atoms with van der Waals surface area (Å²) >= 11 is 0. The van der Waals surface area contributed by atoms with Crippen LogP contribution in [0.3, 0.4) is 0 Å². The topological polar surface area (TPSA) is 3.24 Å². The molecule has 0 amide bonds. The summed E-state index contributed by atoms with van der Waals surface area (Å²) in [5, 5.41) is 0. The van der Waals surface area contributed by atoms with E-state index in [-0.39, 0.29) is 0 Å². The number of nitrogens with zero attached hydrogens (tertiary/aromatic N) is 1. The highest BCUT2D eigenvalue weighted by molar-refractivity contribution is 4.72. The van der Waals surface area contributed by atoms with Gasteiger partial charge in [0.2, 0.25) is 0 Å². The van der Waals surface area contributed by atoms with Crippen LogP contribution in [0.4, 0.5) is 0 Å². The lowest BCUT2D eigenvalue weighted by Crippen LogP contribution is -2.32. The van der Waals surface area contributed by atoms with Crippen molar-refractivity contribution in [1.29, 1.82) is 0 Å².